The number of hydrogen-bond acceptors (Lipinski definition) is 4. The van der Waals surface area contributed by atoms with Crippen molar-refractivity contribution in [2.45, 2.75) is 39.3 Å². The van der Waals surface area contributed by atoms with Crippen LogP contribution in [0.3, 0.4) is 0 Å². The van der Waals surface area contributed by atoms with Crippen molar-refractivity contribution in [3.8, 4) is 11.5 Å². The van der Waals surface area contributed by atoms with Crippen LogP contribution in [0.2, 0.25) is 0 Å². The lowest BCUT2D eigenvalue weighted by molar-refractivity contribution is 0.204. The van der Waals surface area contributed by atoms with Crippen molar-refractivity contribution in [3.05, 3.63) is 24.3 Å². The van der Waals surface area contributed by atoms with Crippen molar-refractivity contribution >= 4 is 29.9 Å². The molecule has 1 unspecified atom stereocenters. The summed E-state index contributed by atoms with van der Waals surface area (Å²) in [5.41, 5.74) is 0.00186. The summed E-state index contributed by atoms with van der Waals surface area (Å²) in [5.74, 6) is 2.28. The van der Waals surface area contributed by atoms with Gasteiger partial charge in [0.25, 0.3) is 0 Å². The molecule has 0 bridgehead atoms. The fourth-order valence-corrected chi connectivity index (χ4v) is 1.97. The summed E-state index contributed by atoms with van der Waals surface area (Å²) in [6.45, 7) is 10.6. The van der Waals surface area contributed by atoms with Crippen LogP contribution >= 0.6 is 24.0 Å². The number of guanidine groups is 1. The van der Waals surface area contributed by atoms with Gasteiger partial charge in [-0.15, -0.1) is 24.0 Å². The van der Waals surface area contributed by atoms with Gasteiger partial charge in [-0.05, 0) is 53.9 Å². The highest BCUT2D eigenvalue weighted by atomic mass is 127. The molecule has 0 amide bonds. The van der Waals surface area contributed by atoms with Crippen molar-refractivity contribution in [3.63, 3.8) is 0 Å². The molecule has 0 saturated carbocycles. The average Bonchev–Trinajstić information content (AvgIpc) is 2.57. The second-order valence-electron chi connectivity index (χ2n) is 6.86. The Bertz CT molecular complexity index is 550. The monoisotopic (exact) mass is 478 g/mol. The summed E-state index contributed by atoms with van der Waals surface area (Å²) in [4.78, 5) is 6.87. The lowest BCUT2D eigenvalue weighted by Crippen LogP contribution is -2.45. The van der Waals surface area contributed by atoms with Gasteiger partial charge < -0.3 is 25.0 Å². The van der Waals surface area contributed by atoms with Gasteiger partial charge >= 0.3 is 0 Å². The summed E-state index contributed by atoms with van der Waals surface area (Å²) in [6.07, 6.45) is -0.0259. The molecular weight excluding hydrogens is 443 g/mol. The van der Waals surface area contributed by atoms with Crippen LogP contribution in [-0.4, -0.2) is 63.3 Å². The molecule has 26 heavy (non-hydrogen) atoms. The summed E-state index contributed by atoms with van der Waals surface area (Å²) in [7, 11) is 5.78. The van der Waals surface area contributed by atoms with E-state index in [0.29, 0.717) is 13.1 Å². The van der Waals surface area contributed by atoms with Crippen LogP contribution in [0.15, 0.2) is 29.3 Å². The highest BCUT2D eigenvalue weighted by molar-refractivity contribution is 14.0. The molecule has 1 rings (SSSR count). The predicted octanol–water partition coefficient (Wildman–Crippen LogP) is 2.98. The van der Waals surface area contributed by atoms with Crippen molar-refractivity contribution in [2.24, 2.45) is 4.99 Å². The number of nitrogens with zero attached hydrogens (tertiary/aromatic N) is 2. The molecule has 0 heterocycles. The maximum absolute atomic E-state index is 5.97. The zero-order chi connectivity index (χ0) is 18.9. The fraction of sp³-hybridized carbons (Fsp3) is 0.632. The molecule has 0 aliphatic heterocycles. The van der Waals surface area contributed by atoms with E-state index >= 15 is 0 Å². The Balaban J connectivity index is 0.00000625. The summed E-state index contributed by atoms with van der Waals surface area (Å²) >= 11 is 0. The lowest BCUT2D eigenvalue weighted by atomic mass is 10.1. The third-order valence-electron chi connectivity index (χ3n) is 4.13. The molecule has 1 aromatic carbocycles. The molecule has 0 aliphatic rings. The molecule has 0 radical (unpaired) electrons. The maximum Gasteiger partial charge on any atom is 0.191 e. The standard InChI is InChI=1S/C19H34N4O2.HI/c1-8-20-18(22-14-19(3,4)23(5)6)21-13-15(2)25-17-12-10-9-11-16(17)24-7;/h9-12,15H,8,13-14H2,1-7H3,(H2,20,21,22);1H. The van der Waals surface area contributed by atoms with Gasteiger partial charge in [0.05, 0.1) is 20.2 Å². The van der Waals surface area contributed by atoms with Gasteiger partial charge in [-0.1, -0.05) is 12.1 Å². The van der Waals surface area contributed by atoms with Gasteiger partial charge in [0.15, 0.2) is 17.5 Å². The van der Waals surface area contributed by atoms with Crippen LogP contribution < -0.4 is 20.1 Å². The van der Waals surface area contributed by atoms with Crippen LogP contribution in [0, 0.1) is 0 Å². The minimum atomic E-state index is -0.0259. The Hall–Kier alpha value is -1.22. The van der Waals surface area contributed by atoms with E-state index < -0.39 is 0 Å². The summed E-state index contributed by atoms with van der Waals surface area (Å²) < 4.78 is 11.3. The Kier molecular flexibility index (Phi) is 11.6. The Morgan fingerprint density at radius 3 is 2.35 bits per heavy atom. The molecule has 6 nitrogen and oxygen atoms in total. The van der Waals surface area contributed by atoms with Crippen LogP contribution in [0.1, 0.15) is 27.7 Å². The molecule has 150 valence electrons. The first-order valence-electron chi connectivity index (χ1n) is 8.79. The highest BCUT2D eigenvalue weighted by Gasteiger charge is 2.20. The fourth-order valence-electron chi connectivity index (χ4n) is 1.97. The number of halogens is 1. The SMILES string of the molecule is CCNC(=NCC(C)(C)N(C)C)NCC(C)Oc1ccccc1OC.I. The van der Waals surface area contributed by atoms with Crippen LogP contribution in [0.4, 0.5) is 0 Å². The number of hydrogen-bond donors (Lipinski definition) is 2. The largest absolute Gasteiger partial charge is 0.493 e. The Morgan fingerprint density at radius 1 is 1.19 bits per heavy atom. The molecular formula is C19H35IN4O2. The molecule has 7 heteroatoms. The molecule has 1 aromatic rings. The molecule has 0 aromatic heterocycles. The van der Waals surface area contributed by atoms with Gasteiger partial charge in [0, 0.05) is 12.1 Å². The van der Waals surface area contributed by atoms with E-state index in [9.17, 15) is 0 Å². The normalized spacial score (nSPS) is 13.0. The minimum absolute atomic E-state index is 0. The van der Waals surface area contributed by atoms with E-state index in [2.05, 4.69) is 50.4 Å². The van der Waals surface area contributed by atoms with Crippen LogP contribution in [0.5, 0.6) is 11.5 Å². The number of para-hydroxylation sites is 2. The first-order chi connectivity index (χ1) is 11.8. The molecule has 0 spiro atoms. The molecule has 0 saturated heterocycles. The molecule has 0 aliphatic carbocycles. The first-order valence-corrected chi connectivity index (χ1v) is 8.79. The van der Waals surface area contributed by atoms with Crippen molar-refractivity contribution in [2.75, 3.05) is 40.8 Å². The number of aliphatic imine (C=N–C) groups is 1. The molecule has 2 N–H and O–H groups in total. The number of methoxy groups -OCH3 is 1. The Labute approximate surface area is 175 Å². The van der Waals surface area contributed by atoms with Crippen molar-refractivity contribution in [1.29, 1.82) is 0 Å². The zero-order valence-corrected chi connectivity index (χ0v) is 19.5. The predicted molar refractivity (Wildman–Crippen MR) is 120 cm³/mol. The topological polar surface area (TPSA) is 58.1 Å². The second kappa shape index (κ2) is 12.2. The van der Waals surface area contributed by atoms with Crippen LogP contribution in [-0.2, 0) is 0 Å². The number of ether oxygens (including phenoxy) is 2. The summed E-state index contributed by atoms with van der Waals surface area (Å²) in [6, 6.07) is 7.67. The minimum Gasteiger partial charge on any atom is -0.493 e. The van der Waals surface area contributed by atoms with Gasteiger partial charge in [-0.2, -0.15) is 0 Å². The number of rotatable bonds is 9. The maximum atomic E-state index is 5.97. The second-order valence-corrected chi connectivity index (χ2v) is 6.86. The quantitative estimate of drug-likeness (QED) is 0.325. The molecule has 0 fully saturated rings. The third kappa shape index (κ3) is 8.44. The lowest BCUT2D eigenvalue weighted by Gasteiger charge is -2.31. The van der Waals surface area contributed by atoms with Gasteiger partial charge in [-0.3, -0.25) is 4.99 Å². The zero-order valence-electron chi connectivity index (χ0n) is 17.1. The van der Waals surface area contributed by atoms with E-state index in [1.807, 2.05) is 31.2 Å². The smallest absolute Gasteiger partial charge is 0.191 e. The van der Waals surface area contributed by atoms with Crippen molar-refractivity contribution in [1.82, 2.24) is 15.5 Å². The third-order valence-corrected chi connectivity index (χ3v) is 4.13. The van der Waals surface area contributed by atoms with E-state index in [4.69, 9.17) is 14.5 Å². The Morgan fingerprint density at radius 2 is 1.81 bits per heavy atom. The van der Waals surface area contributed by atoms with E-state index in [0.717, 1.165) is 24.0 Å². The van der Waals surface area contributed by atoms with E-state index in [1.165, 1.54) is 0 Å². The number of likely N-dealkylation sites (N-methyl/N-ethyl adjacent to an activating group) is 1. The van der Waals surface area contributed by atoms with Crippen molar-refractivity contribution < 1.29 is 9.47 Å². The number of nitrogens with one attached hydrogen (secondary N) is 2. The molecule has 1 atom stereocenters. The van der Waals surface area contributed by atoms with E-state index in [1.54, 1.807) is 7.11 Å². The average molecular weight is 478 g/mol. The van der Waals surface area contributed by atoms with Gasteiger partial charge in [0.2, 0.25) is 0 Å². The van der Waals surface area contributed by atoms with Gasteiger partial charge in [-0.25, -0.2) is 0 Å². The van der Waals surface area contributed by atoms with Crippen LogP contribution in [0.25, 0.3) is 0 Å². The van der Waals surface area contributed by atoms with Gasteiger partial charge in [0.1, 0.15) is 6.10 Å². The summed E-state index contributed by atoms with van der Waals surface area (Å²) in [5, 5.41) is 6.62. The number of benzene rings is 1. The highest BCUT2D eigenvalue weighted by Crippen LogP contribution is 2.26. The first kappa shape index (κ1) is 24.8. The van der Waals surface area contributed by atoms with E-state index in [-0.39, 0.29) is 35.6 Å².